The Morgan fingerprint density at radius 3 is 2.16 bits per heavy atom. The summed E-state index contributed by atoms with van der Waals surface area (Å²) in [6, 6.07) is 15.7. The molecule has 0 saturated carbocycles. The van der Waals surface area contributed by atoms with Crippen LogP contribution in [-0.4, -0.2) is 24.4 Å². The molecule has 1 aromatic heterocycles. The van der Waals surface area contributed by atoms with E-state index < -0.39 is 12.3 Å². The summed E-state index contributed by atoms with van der Waals surface area (Å²) in [6.07, 6.45) is -1.57. The minimum atomic E-state index is -4.77. The van der Waals surface area contributed by atoms with Gasteiger partial charge in [0, 0.05) is 11.1 Å². The molecule has 164 valence electrons. The number of allylic oxidation sites excluding steroid dienone is 2. The Balaban J connectivity index is 2.09. The van der Waals surface area contributed by atoms with Crippen LogP contribution in [0.2, 0.25) is 0 Å². The second-order valence-corrected chi connectivity index (χ2v) is 6.61. The zero-order chi connectivity index (χ0) is 23.3. The summed E-state index contributed by atoms with van der Waals surface area (Å²) in [5.74, 6) is -0.415. The maximum absolute atomic E-state index is 12.4. The van der Waals surface area contributed by atoms with Crippen molar-refractivity contribution < 1.29 is 27.4 Å². The average Bonchev–Trinajstić information content (AvgIpc) is 2.76. The summed E-state index contributed by atoms with van der Waals surface area (Å²) in [7, 11) is 1.49. The number of aromatic nitrogens is 1. The number of carbonyl (C=O) groups is 1. The van der Waals surface area contributed by atoms with Gasteiger partial charge in [-0.15, -0.1) is 13.2 Å². The maximum atomic E-state index is 12.4. The molecule has 0 spiro atoms. The lowest BCUT2D eigenvalue weighted by Crippen LogP contribution is -2.16. The molecule has 2 aromatic carbocycles. The van der Waals surface area contributed by atoms with Crippen molar-refractivity contribution in [2.24, 2.45) is 5.73 Å². The molecular formula is C24H19F3N2O3. The van der Waals surface area contributed by atoms with Crippen LogP contribution in [0.4, 0.5) is 13.2 Å². The van der Waals surface area contributed by atoms with Gasteiger partial charge in [0.05, 0.1) is 12.8 Å². The molecular weight excluding hydrogens is 421 g/mol. The van der Waals surface area contributed by atoms with Crippen molar-refractivity contribution in [3.8, 4) is 28.1 Å². The van der Waals surface area contributed by atoms with E-state index in [1.165, 1.54) is 31.4 Å². The van der Waals surface area contributed by atoms with Crippen LogP contribution >= 0.6 is 0 Å². The van der Waals surface area contributed by atoms with E-state index in [2.05, 4.69) is 16.3 Å². The normalized spacial score (nSPS) is 11.7. The molecule has 0 fully saturated rings. The summed E-state index contributed by atoms with van der Waals surface area (Å²) in [5, 5.41) is 0. The number of benzene rings is 2. The quantitative estimate of drug-likeness (QED) is 0.384. The minimum absolute atomic E-state index is 0.330. The molecule has 8 heteroatoms. The minimum Gasteiger partial charge on any atom is -0.494 e. The van der Waals surface area contributed by atoms with E-state index in [1.54, 1.807) is 48.6 Å². The third-order valence-electron chi connectivity index (χ3n) is 4.45. The van der Waals surface area contributed by atoms with Crippen molar-refractivity contribution in [1.29, 1.82) is 0 Å². The molecule has 3 rings (SSSR count). The number of primary amides is 1. The van der Waals surface area contributed by atoms with Crippen molar-refractivity contribution in [3.63, 3.8) is 0 Å². The molecule has 0 saturated heterocycles. The van der Waals surface area contributed by atoms with Crippen molar-refractivity contribution in [3.05, 3.63) is 90.7 Å². The molecule has 0 radical (unpaired) electrons. The molecule has 2 N–H and O–H groups in total. The second kappa shape index (κ2) is 9.38. The Labute approximate surface area is 182 Å². The van der Waals surface area contributed by atoms with Crippen LogP contribution in [0.5, 0.6) is 5.75 Å². The number of hydrogen-bond donors (Lipinski definition) is 1. The molecule has 3 aromatic rings. The first kappa shape index (κ1) is 22.6. The Kier molecular flexibility index (Phi) is 6.63. The molecule has 32 heavy (non-hydrogen) atoms. The summed E-state index contributed by atoms with van der Waals surface area (Å²) < 4.78 is 46.7. The summed E-state index contributed by atoms with van der Waals surface area (Å²) in [5.41, 5.74) is 8.78. The largest absolute Gasteiger partial charge is 0.573 e. The number of pyridine rings is 1. The topological polar surface area (TPSA) is 74.4 Å². The molecule has 1 amide bonds. The number of hydrogen-bond acceptors (Lipinski definition) is 4. The lowest BCUT2D eigenvalue weighted by atomic mass is 10.0. The molecule has 0 unspecified atom stereocenters. The van der Waals surface area contributed by atoms with Crippen molar-refractivity contribution in [1.82, 2.24) is 4.98 Å². The highest BCUT2D eigenvalue weighted by atomic mass is 19.4. The van der Waals surface area contributed by atoms with Crippen molar-refractivity contribution >= 4 is 11.7 Å². The summed E-state index contributed by atoms with van der Waals surface area (Å²) >= 11 is 0. The standard InChI is InChI=1S/C24H19F3N2O3/c1-3-4-22(31-2)21-14-18(15-5-7-17(8-6-15)23(28)30)13-20(29-21)16-9-11-19(12-10-16)32-24(25,26)27/h3-14H,1H2,2H3,(H2,28,30)/b22-4-. The monoisotopic (exact) mass is 440 g/mol. The van der Waals surface area contributed by atoms with Gasteiger partial charge < -0.3 is 15.2 Å². The first-order valence-corrected chi connectivity index (χ1v) is 9.36. The van der Waals surface area contributed by atoms with Crippen molar-refractivity contribution in [2.45, 2.75) is 6.36 Å². The van der Waals surface area contributed by atoms with E-state index in [1.807, 2.05) is 0 Å². The second-order valence-electron chi connectivity index (χ2n) is 6.61. The Morgan fingerprint density at radius 1 is 1.00 bits per heavy atom. The third kappa shape index (κ3) is 5.54. The maximum Gasteiger partial charge on any atom is 0.573 e. The molecule has 0 atom stereocenters. The van der Waals surface area contributed by atoms with E-state index in [0.717, 1.165) is 11.1 Å². The number of nitrogens with zero attached hydrogens (tertiary/aromatic N) is 1. The number of halogens is 3. The number of alkyl halides is 3. The van der Waals surface area contributed by atoms with E-state index >= 15 is 0 Å². The Bertz CT molecular complexity index is 1150. The van der Waals surface area contributed by atoms with E-state index in [4.69, 9.17) is 10.5 Å². The van der Waals surface area contributed by atoms with E-state index in [0.29, 0.717) is 28.3 Å². The van der Waals surface area contributed by atoms with Gasteiger partial charge in [-0.1, -0.05) is 24.8 Å². The van der Waals surface area contributed by atoms with Gasteiger partial charge in [-0.25, -0.2) is 4.98 Å². The number of methoxy groups -OCH3 is 1. The number of nitrogens with two attached hydrogens (primary N) is 1. The first-order chi connectivity index (χ1) is 15.2. The van der Waals surface area contributed by atoms with Gasteiger partial charge in [-0.2, -0.15) is 0 Å². The Morgan fingerprint density at radius 2 is 1.62 bits per heavy atom. The fraction of sp³-hybridized carbons (Fsp3) is 0.0833. The Hall–Kier alpha value is -4.07. The van der Waals surface area contributed by atoms with Crippen LogP contribution in [0, 0.1) is 0 Å². The third-order valence-corrected chi connectivity index (χ3v) is 4.45. The van der Waals surface area contributed by atoms with Crippen molar-refractivity contribution in [2.75, 3.05) is 7.11 Å². The number of carbonyl (C=O) groups excluding carboxylic acids is 1. The van der Waals surface area contributed by atoms with Gasteiger partial charge in [0.25, 0.3) is 0 Å². The van der Waals surface area contributed by atoms with Crippen LogP contribution in [-0.2, 0) is 4.74 Å². The predicted octanol–water partition coefficient (Wildman–Crippen LogP) is 5.59. The van der Waals surface area contributed by atoms with Crippen LogP contribution in [0.1, 0.15) is 16.1 Å². The fourth-order valence-electron chi connectivity index (χ4n) is 2.99. The molecule has 5 nitrogen and oxygen atoms in total. The van der Waals surface area contributed by atoms with Crippen LogP contribution < -0.4 is 10.5 Å². The lowest BCUT2D eigenvalue weighted by Gasteiger charge is -2.13. The van der Waals surface area contributed by atoms with Gasteiger partial charge >= 0.3 is 6.36 Å². The van der Waals surface area contributed by atoms with Crippen LogP contribution in [0.15, 0.2) is 79.4 Å². The summed E-state index contributed by atoms with van der Waals surface area (Å²) in [4.78, 5) is 15.9. The number of rotatable bonds is 7. The van der Waals surface area contributed by atoms with Gasteiger partial charge in [-0.05, 0) is 65.7 Å². The van der Waals surface area contributed by atoms with Crippen LogP contribution in [0.3, 0.4) is 0 Å². The highest BCUT2D eigenvalue weighted by Crippen LogP contribution is 2.31. The van der Waals surface area contributed by atoms with Gasteiger partial charge in [-0.3, -0.25) is 4.79 Å². The summed E-state index contributed by atoms with van der Waals surface area (Å²) in [6.45, 7) is 3.67. The smallest absolute Gasteiger partial charge is 0.494 e. The highest BCUT2D eigenvalue weighted by Gasteiger charge is 2.31. The zero-order valence-corrected chi connectivity index (χ0v) is 17.0. The predicted molar refractivity (Wildman–Crippen MR) is 115 cm³/mol. The number of ether oxygens (including phenoxy) is 2. The highest BCUT2D eigenvalue weighted by molar-refractivity contribution is 5.93. The lowest BCUT2D eigenvalue weighted by molar-refractivity contribution is -0.274. The van der Waals surface area contributed by atoms with E-state index in [-0.39, 0.29) is 5.75 Å². The molecule has 0 aliphatic heterocycles. The van der Waals surface area contributed by atoms with E-state index in [9.17, 15) is 18.0 Å². The molecule has 0 bridgehead atoms. The average molecular weight is 440 g/mol. The van der Waals surface area contributed by atoms with Gasteiger partial charge in [0.2, 0.25) is 5.91 Å². The SMILES string of the molecule is C=C/C=C(\OC)c1cc(-c2ccc(C(N)=O)cc2)cc(-c2ccc(OC(F)(F)F)cc2)n1. The van der Waals surface area contributed by atoms with Crippen LogP contribution in [0.25, 0.3) is 28.1 Å². The van der Waals surface area contributed by atoms with Gasteiger partial charge in [0.1, 0.15) is 17.2 Å². The fourth-order valence-corrected chi connectivity index (χ4v) is 2.99. The molecule has 0 aliphatic carbocycles. The van der Waals surface area contributed by atoms with Gasteiger partial charge in [0.15, 0.2) is 0 Å². The molecule has 0 aliphatic rings. The number of amides is 1. The first-order valence-electron chi connectivity index (χ1n) is 9.36. The molecule has 1 heterocycles. The zero-order valence-electron chi connectivity index (χ0n) is 17.0.